The van der Waals surface area contributed by atoms with E-state index in [1.807, 2.05) is 26.0 Å². The minimum atomic E-state index is -2.99. The Balaban J connectivity index is 1.39. The van der Waals surface area contributed by atoms with Gasteiger partial charge in [0.2, 0.25) is 0 Å². The lowest BCUT2D eigenvalue weighted by Crippen LogP contribution is -2.07. The van der Waals surface area contributed by atoms with Crippen LogP contribution in [0.1, 0.15) is 64.7 Å². The van der Waals surface area contributed by atoms with Gasteiger partial charge in [0.05, 0.1) is 18.8 Å². The zero-order valence-corrected chi connectivity index (χ0v) is 23.2. The first-order chi connectivity index (χ1) is 18.5. The summed E-state index contributed by atoms with van der Waals surface area (Å²) in [7, 11) is -2.99. The highest BCUT2D eigenvalue weighted by Gasteiger charge is 2.32. The van der Waals surface area contributed by atoms with Gasteiger partial charge in [-0.05, 0) is 85.0 Å². The van der Waals surface area contributed by atoms with Gasteiger partial charge in [0.1, 0.15) is 33.3 Å². The van der Waals surface area contributed by atoms with Crippen molar-refractivity contribution in [1.82, 2.24) is 0 Å². The van der Waals surface area contributed by atoms with E-state index >= 15 is 4.39 Å². The maximum absolute atomic E-state index is 15.2. The van der Waals surface area contributed by atoms with Gasteiger partial charge in [-0.15, -0.1) is 0 Å². The number of carbonyl (C=O) groups is 1. The number of benzene rings is 3. The number of ether oxygens (including phenoxy) is 2. The summed E-state index contributed by atoms with van der Waals surface area (Å²) < 4.78 is 50.2. The molecule has 0 amide bonds. The van der Waals surface area contributed by atoms with Crippen molar-refractivity contribution >= 4 is 15.8 Å². The normalized spacial score (nSPS) is 17.9. The maximum Gasteiger partial charge on any atom is 0.304 e. The van der Waals surface area contributed by atoms with Gasteiger partial charge >= 0.3 is 5.97 Å². The van der Waals surface area contributed by atoms with E-state index in [-0.39, 0.29) is 23.9 Å². The van der Waals surface area contributed by atoms with Gasteiger partial charge in [-0.3, -0.25) is 4.79 Å². The first kappa shape index (κ1) is 27.2. The van der Waals surface area contributed by atoms with Gasteiger partial charge in [0.15, 0.2) is 0 Å². The molecule has 6 nitrogen and oxygen atoms in total. The standard InChI is InChI=1S/C31H33FO6S/c1-18-13-20(5-4-12-39(3,35)36)14-19(2)30(18)24-8-10-26(32)31-25(24)9-11-27(31)38-22-6-7-23-21(15-29(33)34)17-37-28(23)16-22/h6-8,10,13-14,16,21,27H,4-5,9,11-12,15,17H2,1-3H3,(H,33,34)/t21-,27-/m1/s1. The van der Waals surface area contributed by atoms with Crippen LogP contribution in [0.2, 0.25) is 0 Å². The Hall–Kier alpha value is -3.39. The Morgan fingerprint density at radius 3 is 2.56 bits per heavy atom. The number of aryl methyl sites for hydroxylation is 3. The van der Waals surface area contributed by atoms with E-state index in [9.17, 15) is 13.2 Å². The van der Waals surface area contributed by atoms with E-state index in [0.29, 0.717) is 49.4 Å². The largest absolute Gasteiger partial charge is 0.492 e. The van der Waals surface area contributed by atoms with Gasteiger partial charge in [-0.1, -0.05) is 24.3 Å². The lowest BCUT2D eigenvalue weighted by atomic mass is 9.88. The summed E-state index contributed by atoms with van der Waals surface area (Å²) >= 11 is 0. The molecule has 0 saturated heterocycles. The van der Waals surface area contributed by atoms with Crippen LogP contribution in [0.3, 0.4) is 0 Å². The van der Waals surface area contributed by atoms with E-state index < -0.39 is 21.9 Å². The number of sulfone groups is 1. The van der Waals surface area contributed by atoms with Crippen LogP contribution in [0.5, 0.6) is 11.5 Å². The minimum Gasteiger partial charge on any atom is -0.492 e. The van der Waals surface area contributed by atoms with Crippen LogP contribution < -0.4 is 9.47 Å². The number of halogens is 1. The maximum atomic E-state index is 15.2. The molecule has 2 atom stereocenters. The SMILES string of the molecule is Cc1cc(CCCS(C)(=O)=O)cc(C)c1-c1ccc(F)c2c1CC[C@H]2Oc1ccc2c(c1)OC[C@H]2CC(=O)O. The zero-order valence-electron chi connectivity index (χ0n) is 22.4. The van der Waals surface area contributed by atoms with Crippen LogP contribution >= 0.6 is 0 Å². The van der Waals surface area contributed by atoms with Crippen molar-refractivity contribution in [2.45, 2.75) is 58.0 Å². The molecule has 0 fully saturated rings. The van der Waals surface area contributed by atoms with Crippen LogP contribution in [0.25, 0.3) is 11.1 Å². The zero-order chi connectivity index (χ0) is 27.9. The molecule has 0 unspecified atom stereocenters. The molecule has 8 heteroatoms. The molecule has 0 saturated carbocycles. The Kier molecular flexibility index (Phi) is 7.42. The third-order valence-electron chi connectivity index (χ3n) is 7.69. The average Bonchev–Trinajstić information content (AvgIpc) is 3.44. The molecule has 3 aromatic rings. The molecule has 206 valence electrons. The van der Waals surface area contributed by atoms with Gasteiger partial charge in [-0.25, -0.2) is 12.8 Å². The molecule has 1 aliphatic carbocycles. The monoisotopic (exact) mass is 552 g/mol. The number of hydrogen-bond donors (Lipinski definition) is 1. The predicted octanol–water partition coefficient (Wildman–Crippen LogP) is 6.10. The highest BCUT2D eigenvalue weighted by atomic mass is 32.2. The molecule has 0 spiro atoms. The Bertz CT molecular complexity index is 1520. The van der Waals surface area contributed by atoms with Crippen LogP contribution in [-0.4, -0.2) is 38.1 Å². The highest BCUT2D eigenvalue weighted by Crippen LogP contribution is 2.45. The molecular weight excluding hydrogens is 519 g/mol. The molecule has 1 heterocycles. The number of fused-ring (bicyclic) bond motifs is 2. The van der Waals surface area contributed by atoms with Crippen molar-refractivity contribution in [2.24, 2.45) is 0 Å². The van der Waals surface area contributed by atoms with E-state index in [0.717, 1.165) is 38.9 Å². The molecule has 0 aromatic heterocycles. The Morgan fingerprint density at radius 1 is 1.13 bits per heavy atom. The summed E-state index contributed by atoms with van der Waals surface area (Å²) in [4.78, 5) is 11.1. The second kappa shape index (κ2) is 10.6. The van der Waals surface area contributed by atoms with Crippen molar-refractivity contribution in [3.8, 4) is 22.6 Å². The highest BCUT2D eigenvalue weighted by molar-refractivity contribution is 7.90. The van der Waals surface area contributed by atoms with Gasteiger partial charge < -0.3 is 14.6 Å². The van der Waals surface area contributed by atoms with E-state index in [1.54, 1.807) is 12.1 Å². The molecule has 1 N–H and O–H groups in total. The fraction of sp³-hybridized carbons (Fsp3) is 0.387. The quantitative estimate of drug-likeness (QED) is 0.345. The van der Waals surface area contributed by atoms with Crippen molar-refractivity contribution in [3.63, 3.8) is 0 Å². The predicted molar refractivity (Wildman–Crippen MR) is 148 cm³/mol. The van der Waals surface area contributed by atoms with E-state index in [2.05, 4.69) is 12.1 Å². The van der Waals surface area contributed by atoms with Gasteiger partial charge in [0, 0.05) is 29.4 Å². The summed E-state index contributed by atoms with van der Waals surface area (Å²) in [6, 6.07) is 13.0. The number of hydrogen-bond acceptors (Lipinski definition) is 5. The first-order valence-electron chi connectivity index (χ1n) is 13.2. The van der Waals surface area contributed by atoms with Crippen molar-refractivity contribution < 1.29 is 32.2 Å². The fourth-order valence-corrected chi connectivity index (χ4v) is 6.73. The second-order valence-corrected chi connectivity index (χ2v) is 13.0. The minimum absolute atomic E-state index is 0.0116. The van der Waals surface area contributed by atoms with Gasteiger partial charge in [0.25, 0.3) is 0 Å². The summed E-state index contributed by atoms with van der Waals surface area (Å²) in [6.07, 6.45) is 3.43. The lowest BCUT2D eigenvalue weighted by molar-refractivity contribution is -0.137. The smallest absolute Gasteiger partial charge is 0.304 e. The second-order valence-electron chi connectivity index (χ2n) is 10.8. The van der Waals surface area contributed by atoms with E-state index in [4.69, 9.17) is 14.6 Å². The Morgan fingerprint density at radius 2 is 1.87 bits per heavy atom. The third-order valence-corrected chi connectivity index (χ3v) is 8.72. The summed E-state index contributed by atoms with van der Waals surface area (Å²) in [5.41, 5.74) is 7.72. The molecule has 1 aliphatic heterocycles. The summed E-state index contributed by atoms with van der Waals surface area (Å²) in [5.74, 6) is 0.0167. The number of aliphatic carboxylic acids is 1. The molecule has 39 heavy (non-hydrogen) atoms. The molecule has 0 radical (unpaired) electrons. The molecule has 5 rings (SSSR count). The molecule has 0 bridgehead atoms. The van der Waals surface area contributed by atoms with Crippen LogP contribution in [0, 0.1) is 19.7 Å². The fourth-order valence-electron chi connectivity index (χ4n) is 6.06. The number of rotatable bonds is 9. The Labute approximate surface area is 228 Å². The molecular formula is C31H33FO6S. The lowest BCUT2D eigenvalue weighted by Gasteiger charge is -2.19. The molecule has 2 aliphatic rings. The van der Waals surface area contributed by atoms with Crippen LogP contribution in [0.15, 0.2) is 42.5 Å². The van der Waals surface area contributed by atoms with Gasteiger partial charge in [-0.2, -0.15) is 0 Å². The van der Waals surface area contributed by atoms with Crippen molar-refractivity contribution in [1.29, 1.82) is 0 Å². The topological polar surface area (TPSA) is 89.9 Å². The third kappa shape index (κ3) is 5.81. The van der Waals surface area contributed by atoms with Crippen molar-refractivity contribution in [2.75, 3.05) is 18.6 Å². The number of carboxylic acids is 1. The summed E-state index contributed by atoms with van der Waals surface area (Å²) in [5, 5.41) is 9.14. The van der Waals surface area contributed by atoms with Crippen LogP contribution in [-0.2, 0) is 27.5 Å². The summed E-state index contributed by atoms with van der Waals surface area (Å²) in [6.45, 7) is 4.41. The van der Waals surface area contributed by atoms with Crippen LogP contribution in [0.4, 0.5) is 4.39 Å². The van der Waals surface area contributed by atoms with Crippen molar-refractivity contribution in [3.05, 3.63) is 81.7 Å². The van der Waals surface area contributed by atoms with E-state index in [1.165, 1.54) is 12.3 Å². The first-order valence-corrected chi connectivity index (χ1v) is 15.3. The molecule has 3 aromatic carbocycles. The number of carboxylic acid groups (broad SMARTS) is 1. The average molecular weight is 553 g/mol.